The minimum Gasteiger partial charge on any atom is -0.372 e. The standard InChI is InChI=1S/C21H20ClN3O/c1-15-12-20(25-10-2-3-11-25)9-4-16(15)13-17(14-23)21(26)24-19-7-5-18(22)6-8-19/h4-9,12-13H,2-3,10-11H2,1H3,(H,24,26). The van der Waals surface area contributed by atoms with Gasteiger partial charge in [-0.2, -0.15) is 5.26 Å². The van der Waals surface area contributed by atoms with Gasteiger partial charge in [0.05, 0.1) is 0 Å². The third-order valence-corrected chi connectivity index (χ3v) is 4.74. The van der Waals surface area contributed by atoms with Gasteiger partial charge in [-0.15, -0.1) is 0 Å². The van der Waals surface area contributed by atoms with Crippen molar-refractivity contribution in [2.75, 3.05) is 23.3 Å². The highest BCUT2D eigenvalue weighted by Crippen LogP contribution is 2.24. The van der Waals surface area contributed by atoms with Crippen LogP contribution in [0.25, 0.3) is 6.08 Å². The van der Waals surface area contributed by atoms with Gasteiger partial charge in [0.15, 0.2) is 0 Å². The van der Waals surface area contributed by atoms with Crippen LogP contribution in [0.2, 0.25) is 5.02 Å². The molecule has 0 radical (unpaired) electrons. The average molecular weight is 366 g/mol. The number of rotatable bonds is 4. The predicted molar refractivity (Wildman–Crippen MR) is 106 cm³/mol. The average Bonchev–Trinajstić information content (AvgIpc) is 3.17. The van der Waals surface area contributed by atoms with Gasteiger partial charge < -0.3 is 10.2 Å². The first-order valence-corrected chi connectivity index (χ1v) is 8.99. The van der Waals surface area contributed by atoms with Crippen molar-refractivity contribution in [3.05, 3.63) is 64.2 Å². The molecule has 1 heterocycles. The summed E-state index contributed by atoms with van der Waals surface area (Å²) in [6.07, 6.45) is 4.09. The number of benzene rings is 2. The second kappa shape index (κ2) is 8.07. The molecule has 0 aliphatic carbocycles. The zero-order valence-electron chi connectivity index (χ0n) is 14.6. The Labute approximate surface area is 158 Å². The molecule has 5 heteroatoms. The van der Waals surface area contributed by atoms with Crippen LogP contribution in [0.15, 0.2) is 48.0 Å². The number of anilines is 2. The lowest BCUT2D eigenvalue weighted by molar-refractivity contribution is -0.112. The first kappa shape index (κ1) is 18.0. The van der Waals surface area contributed by atoms with Crippen LogP contribution in [0, 0.1) is 18.3 Å². The molecule has 1 saturated heterocycles. The van der Waals surface area contributed by atoms with E-state index in [1.54, 1.807) is 30.3 Å². The Bertz CT molecular complexity index is 875. The summed E-state index contributed by atoms with van der Waals surface area (Å²) in [4.78, 5) is 14.7. The fraction of sp³-hybridized carbons (Fsp3) is 0.238. The van der Waals surface area contributed by atoms with Gasteiger partial charge in [0.25, 0.3) is 5.91 Å². The second-order valence-corrected chi connectivity index (χ2v) is 6.80. The third kappa shape index (κ3) is 4.25. The molecule has 0 spiro atoms. The first-order valence-electron chi connectivity index (χ1n) is 8.61. The quantitative estimate of drug-likeness (QED) is 0.625. The number of amides is 1. The highest BCUT2D eigenvalue weighted by Gasteiger charge is 2.14. The Morgan fingerprint density at radius 3 is 2.50 bits per heavy atom. The van der Waals surface area contributed by atoms with Gasteiger partial charge in [-0.25, -0.2) is 0 Å². The van der Waals surface area contributed by atoms with Crippen LogP contribution in [-0.2, 0) is 4.79 Å². The van der Waals surface area contributed by atoms with Crippen molar-refractivity contribution in [1.82, 2.24) is 0 Å². The van der Waals surface area contributed by atoms with Crippen molar-refractivity contribution < 1.29 is 4.79 Å². The van der Waals surface area contributed by atoms with Crippen molar-refractivity contribution in [3.63, 3.8) is 0 Å². The van der Waals surface area contributed by atoms with Crippen LogP contribution in [0.5, 0.6) is 0 Å². The van der Waals surface area contributed by atoms with Gasteiger partial charge in [0.1, 0.15) is 11.6 Å². The maximum Gasteiger partial charge on any atom is 0.266 e. The Kier molecular flexibility index (Phi) is 5.60. The number of carbonyl (C=O) groups excluding carboxylic acids is 1. The van der Waals surface area contributed by atoms with Crippen LogP contribution < -0.4 is 10.2 Å². The van der Waals surface area contributed by atoms with Crippen molar-refractivity contribution in [1.29, 1.82) is 5.26 Å². The lowest BCUT2D eigenvalue weighted by Gasteiger charge is -2.18. The smallest absolute Gasteiger partial charge is 0.266 e. The van der Waals surface area contributed by atoms with E-state index in [1.807, 2.05) is 19.1 Å². The molecule has 26 heavy (non-hydrogen) atoms. The summed E-state index contributed by atoms with van der Waals surface area (Å²) in [5, 5.41) is 12.7. The molecule has 1 N–H and O–H groups in total. The molecule has 132 valence electrons. The third-order valence-electron chi connectivity index (χ3n) is 4.49. The predicted octanol–water partition coefficient (Wildman–Crippen LogP) is 4.79. The number of aryl methyl sites for hydroxylation is 1. The number of hydrogen-bond acceptors (Lipinski definition) is 3. The van der Waals surface area contributed by atoms with E-state index >= 15 is 0 Å². The molecule has 0 saturated carbocycles. The van der Waals surface area contributed by atoms with Crippen LogP contribution in [0.1, 0.15) is 24.0 Å². The Morgan fingerprint density at radius 2 is 1.88 bits per heavy atom. The van der Waals surface area contributed by atoms with Crippen LogP contribution in [0.3, 0.4) is 0 Å². The van der Waals surface area contributed by atoms with Crippen molar-refractivity contribution >= 4 is 35.0 Å². The summed E-state index contributed by atoms with van der Waals surface area (Å²) < 4.78 is 0. The molecule has 1 aliphatic rings. The molecule has 0 atom stereocenters. The molecule has 1 amide bonds. The molecular weight excluding hydrogens is 346 g/mol. The number of halogens is 1. The number of nitrogens with zero attached hydrogens (tertiary/aromatic N) is 2. The normalized spacial score (nSPS) is 14.2. The lowest BCUT2D eigenvalue weighted by atomic mass is 10.0. The second-order valence-electron chi connectivity index (χ2n) is 6.37. The van der Waals surface area contributed by atoms with Gasteiger partial charge in [0.2, 0.25) is 0 Å². The Balaban J connectivity index is 1.78. The molecule has 4 nitrogen and oxygen atoms in total. The molecule has 0 unspecified atom stereocenters. The molecular formula is C21H20ClN3O. The summed E-state index contributed by atoms with van der Waals surface area (Å²) in [5.74, 6) is -0.433. The summed E-state index contributed by atoms with van der Waals surface area (Å²) in [6.45, 7) is 4.17. The fourth-order valence-corrected chi connectivity index (χ4v) is 3.16. The van der Waals surface area contributed by atoms with E-state index < -0.39 is 5.91 Å². The van der Waals surface area contributed by atoms with Crippen molar-refractivity contribution in [2.45, 2.75) is 19.8 Å². The van der Waals surface area contributed by atoms with Crippen LogP contribution in [-0.4, -0.2) is 19.0 Å². The highest BCUT2D eigenvalue weighted by molar-refractivity contribution is 6.30. The van der Waals surface area contributed by atoms with Gasteiger partial charge in [-0.05, 0) is 73.4 Å². The monoisotopic (exact) mass is 365 g/mol. The Morgan fingerprint density at radius 1 is 1.19 bits per heavy atom. The van der Waals surface area contributed by atoms with E-state index in [0.29, 0.717) is 10.7 Å². The van der Waals surface area contributed by atoms with E-state index in [0.717, 1.165) is 24.2 Å². The van der Waals surface area contributed by atoms with E-state index in [-0.39, 0.29) is 5.57 Å². The minimum absolute atomic E-state index is 0.0666. The minimum atomic E-state index is -0.433. The number of nitriles is 1. The van der Waals surface area contributed by atoms with Crippen LogP contribution >= 0.6 is 11.6 Å². The molecule has 1 fully saturated rings. The van der Waals surface area contributed by atoms with E-state index in [9.17, 15) is 10.1 Å². The highest BCUT2D eigenvalue weighted by atomic mass is 35.5. The van der Waals surface area contributed by atoms with E-state index in [4.69, 9.17) is 11.6 Å². The summed E-state index contributed by atoms with van der Waals surface area (Å²) in [7, 11) is 0. The topological polar surface area (TPSA) is 56.1 Å². The molecule has 2 aromatic rings. The molecule has 1 aliphatic heterocycles. The SMILES string of the molecule is Cc1cc(N2CCCC2)ccc1C=C(C#N)C(=O)Nc1ccc(Cl)cc1. The molecule has 0 bridgehead atoms. The number of hydrogen-bond donors (Lipinski definition) is 1. The van der Waals surface area contributed by atoms with Crippen LogP contribution in [0.4, 0.5) is 11.4 Å². The molecule has 0 aromatic heterocycles. The zero-order valence-corrected chi connectivity index (χ0v) is 15.4. The van der Waals surface area contributed by atoms with Crippen molar-refractivity contribution in [2.24, 2.45) is 0 Å². The van der Waals surface area contributed by atoms with Crippen molar-refractivity contribution in [3.8, 4) is 6.07 Å². The summed E-state index contributed by atoms with van der Waals surface area (Å²) >= 11 is 5.84. The van der Waals surface area contributed by atoms with Gasteiger partial charge in [-0.3, -0.25) is 4.79 Å². The maximum atomic E-state index is 12.4. The largest absolute Gasteiger partial charge is 0.372 e. The van der Waals surface area contributed by atoms with E-state index in [2.05, 4.69) is 22.3 Å². The van der Waals surface area contributed by atoms with E-state index in [1.165, 1.54) is 18.5 Å². The summed E-state index contributed by atoms with van der Waals surface area (Å²) in [6, 6.07) is 14.9. The van der Waals surface area contributed by atoms with Gasteiger partial charge in [-0.1, -0.05) is 17.7 Å². The first-order chi connectivity index (χ1) is 12.6. The number of nitrogens with one attached hydrogen (secondary N) is 1. The molecule has 3 rings (SSSR count). The number of carbonyl (C=O) groups is 1. The fourth-order valence-electron chi connectivity index (χ4n) is 3.03. The zero-order chi connectivity index (χ0) is 18.5. The Hall–Kier alpha value is -2.77. The van der Waals surface area contributed by atoms with Gasteiger partial charge >= 0.3 is 0 Å². The summed E-state index contributed by atoms with van der Waals surface area (Å²) in [5.41, 5.74) is 3.78. The molecule has 2 aromatic carbocycles. The van der Waals surface area contributed by atoms with Gasteiger partial charge in [0, 0.05) is 29.5 Å². The maximum absolute atomic E-state index is 12.4. The lowest BCUT2D eigenvalue weighted by Crippen LogP contribution is -2.17.